The maximum Gasteiger partial charge on any atom is 0.243 e. The maximum atomic E-state index is 12.3. The van der Waals surface area contributed by atoms with E-state index in [1.807, 2.05) is 6.92 Å². The van der Waals surface area contributed by atoms with Crippen LogP contribution in [0.5, 0.6) is 0 Å². The first-order valence-corrected chi connectivity index (χ1v) is 7.16. The van der Waals surface area contributed by atoms with Crippen molar-refractivity contribution in [3.8, 4) is 0 Å². The molecule has 1 aromatic rings. The minimum atomic E-state index is -3.41. The van der Waals surface area contributed by atoms with Crippen molar-refractivity contribution >= 4 is 15.7 Å². The van der Waals surface area contributed by atoms with Crippen LogP contribution in [0.25, 0.3) is 0 Å². The first kappa shape index (κ1) is 14.0. The standard InChI is InChI=1S/C12H20N2O2S/c1-4-5-9-14(3)17(15,16)12-8-6-7-11(13)10(12)2/h6-8H,4-5,9,13H2,1-3H3. The molecule has 0 radical (unpaired) electrons. The minimum absolute atomic E-state index is 0.302. The van der Waals surface area contributed by atoms with Gasteiger partial charge in [0, 0.05) is 19.3 Å². The van der Waals surface area contributed by atoms with Gasteiger partial charge in [-0.05, 0) is 31.0 Å². The number of benzene rings is 1. The molecule has 0 unspecified atom stereocenters. The number of unbranched alkanes of at least 4 members (excludes halogenated alkanes) is 1. The Morgan fingerprint density at radius 2 is 2.00 bits per heavy atom. The summed E-state index contributed by atoms with van der Waals surface area (Å²) in [5, 5.41) is 0. The van der Waals surface area contributed by atoms with Crippen molar-refractivity contribution in [1.82, 2.24) is 4.31 Å². The molecule has 1 aromatic carbocycles. The van der Waals surface area contributed by atoms with E-state index in [0.717, 1.165) is 12.8 Å². The summed E-state index contributed by atoms with van der Waals surface area (Å²) in [6.07, 6.45) is 1.83. The van der Waals surface area contributed by atoms with Crippen molar-refractivity contribution in [2.24, 2.45) is 0 Å². The predicted molar refractivity (Wildman–Crippen MR) is 70.3 cm³/mol. The van der Waals surface area contributed by atoms with Crippen LogP contribution in [0.2, 0.25) is 0 Å². The molecule has 0 spiro atoms. The lowest BCUT2D eigenvalue weighted by Gasteiger charge is -2.18. The molecule has 1 rings (SSSR count). The first-order chi connectivity index (χ1) is 7.91. The molecule has 17 heavy (non-hydrogen) atoms. The average molecular weight is 256 g/mol. The maximum absolute atomic E-state index is 12.3. The molecule has 0 bridgehead atoms. The van der Waals surface area contributed by atoms with E-state index < -0.39 is 10.0 Å². The topological polar surface area (TPSA) is 63.4 Å². The van der Waals surface area contributed by atoms with Gasteiger partial charge in [-0.25, -0.2) is 12.7 Å². The Hall–Kier alpha value is -1.07. The highest BCUT2D eigenvalue weighted by Crippen LogP contribution is 2.23. The predicted octanol–water partition coefficient (Wildman–Crippen LogP) is 2.00. The van der Waals surface area contributed by atoms with Crippen molar-refractivity contribution in [3.05, 3.63) is 23.8 Å². The molecule has 0 atom stereocenters. The number of hydrogen-bond acceptors (Lipinski definition) is 3. The van der Waals surface area contributed by atoms with Gasteiger partial charge in [-0.1, -0.05) is 19.4 Å². The SMILES string of the molecule is CCCCN(C)S(=O)(=O)c1cccc(N)c1C. The van der Waals surface area contributed by atoms with Gasteiger partial charge in [0.05, 0.1) is 4.90 Å². The summed E-state index contributed by atoms with van der Waals surface area (Å²) in [7, 11) is -1.81. The van der Waals surface area contributed by atoms with Gasteiger partial charge in [0.2, 0.25) is 10.0 Å². The first-order valence-electron chi connectivity index (χ1n) is 5.72. The molecule has 0 fully saturated rings. The van der Waals surface area contributed by atoms with Crippen molar-refractivity contribution in [1.29, 1.82) is 0 Å². The Morgan fingerprint density at radius 1 is 1.35 bits per heavy atom. The van der Waals surface area contributed by atoms with Crippen LogP contribution in [0.15, 0.2) is 23.1 Å². The summed E-state index contributed by atoms with van der Waals surface area (Å²) in [4.78, 5) is 0.302. The quantitative estimate of drug-likeness (QED) is 0.819. The Labute approximate surface area is 103 Å². The van der Waals surface area contributed by atoms with Gasteiger partial charge in [0.25, 0.3) is 0 Å². The fourth-order valence-electron chi connectivity index (χ4n) is 1.58. The van der Waals surface area contributed by atoms with Crippen LogP contribution in [-0.4, -0.2) is 26.3 Å². The monoisotopic (exact) mass is 256 g/mol. The molecule has 96 valence electrons. The second kappa shape index (κ2) is 5.51. The largest absolute Gasteiger partial charge is 0.398 e. The number of sulfonamides is 1. The zero-order valence-electron chi connectivity index (χ0n) is 10.6. The van der Waals surface area contributed by atoms with E-state index in [2.05, 4.69) is 0 Å². The van der Waals surface area contributed by atoms with Gasteiger partial charge >= 0.3 is 0 Å². The lowest BCUT2D eigenvalue weighted by Crippen LogP contribution is -2.28. The number of rotatable bonds is 5. The van der Waals surface area contributed by atoms with E-state index in [4.69, 9.17) is 5.73 Å². The van der Waals surface area contributed by atoms with Crippen LogP contribution in [0.4, 0.5) is 5.69 Å². The Morgan fingerprint density at radius 3 is 2.59 bits per heavy atom. The molecule has 2 N–H and O–H groups in total. The zero-order valence-corrected chi connectivity index (χ0v) is 11.4. The fourth-order valence-corrected chi connectivity index (χ4v) is 3.04. The summed E-state index contributed by atoms with van der Waals surface area (Å²) >= 11 is 0. The van der Waals surface area contributed by atoms with Gasteiger partial charge in [0.1, 0.15) is 0 Å². The third kappa shape index (κ3) is 2.98. The normalized spacial score (nSPS) is 12.0. The lowest BCUT2D eigenvalue weighted by atomic mass is 10.2. The molecule has 4 nitrogen and oxygen atoms in total. The number of nitrogens with zero attached hydrogens (tertiary/aromatic N) is 1. The van der Waals surface area contributed by atoms with E-state index >= 15 is 0 Å². The van der Waals surface area contributed by atoms with Gasteiger partial charge < -0.3 is 5.73 Å². The van der Waals surface area contributed by atoms with Crippen LogP contribution in [0.1, 0.15) is 25.3 Å². The summed E-state index contributed by atoms with van der Waals surface area (Å²) in [6.45, 7) is 4.30. The summed E-state index contributed by atoms with van der Waals surface area (Å²) in [6, 6.07) is 4.98. The molecule has 5 heteroatoms. The fraction of sp³-hybridized carbons (Fsp3) is 0.500. The molecule has 0 aromatic heterocycles. The molecule has 0 saturated heterocycles. The van der Waals surface area contributed by atoms with Gasteiger partial charge in [-0.15, -0.1) is 0 Å². The molecular formula is C12H20N2O2S. The molecule has 0 amide bonds. The third-order valence-electron chi connectivity index (χ3n) is 2.84. The van der Waals surface area contributed by atoms with Crippen molar-refractivity contribution in [3.63, 3.8) is 0 Å². The summed E-state index contributed by atoms with van der Waals surface area (Å²) in [5.74, 6) is 0. The van der Waals surface area contributed by atoms with E-state index in [-0.39, 0.29) is 0 Å². The smallest absolute Gasteiger partial charge is 0.243 e. The van der Waals surface area contributed by atoms with E-state index in [1.54, 1.807) is 32.2 Å². The second-order valence-corrected chi connectivity index (χ2v) is 6.16. The zero-order chi connectivity index (χ0) is 13.1. The van der Waals surface area contributed by atoms with E-state index in [1.165, 1.54) is 4.31 Å². The van der Waals surface area contributed by atoms with Crippen molar-refractivity contribution in [2.75, 3.05) is 19.3 Å². The van der Waals surface area contributed by atoms with Gasteiger partial charge in [-0.3, -0.25) is 0 Å². The summed E-state index contributed by atoms with van der Waals surface area (Å²) in [5.41, 5.74) is 6.87. The van der Waals surface area contributed by atoms with Gasteiger partial charge in [0.15, 0.2) is 0 Å². The third-order valence-corrected chi connectivity index (χ3v) is 4.84. The van der Waals surface area contributed by atoms with Gasteiger partial charge in [-0.2, -0.15) is 0 Å². The molecule has 0 aliphatic carbocycles. The average Bonchev–Trinajstić information content (AvgIpc) is 2.29. The number of nitrogens with two attached hydrogens (primary N) is 1. The Balaban J connectivity index is 3.09. The molecular weight excluding hydrogens is 236 g/mol. The summed E-state index contributed by atoms with van der Waals surface area (Å²) < 4.78 is 26.0. The van der Waals surface area contributed by atoms with Crippen LogP contribution in [0, 0.1) is 6.92 Å². The second-order valence-electron chi connectivity index (χ2n) is 4.15. The van der Waals surface area contributed by atoms with Crippen molar-refractivity contribution < 1.29 is 8.42 Å². The van der Waals surface area contributed by atoms with E-state index in [0.29, 0.717) is 22.7 Å². The highest BCUT2D eigenvalue weighted by molar-refractivity contribution is 7.89. The number of nitrogen functional groups attached to an aromatic ring is 1. The Kier molecular flexibility index (Phi) is 4.54. The lowest BCUT2D eigenvalue weighted by molar-refractivity contribution is 0.459. The van der Waals surface area contributed by atoms with E-state index in [9.17, 15) is 8.42 Å². The van der Waals surface area contributed by atoms with Crippen LogP contribution >= 0.6 is 0 Å². The number of hydrogen-bond donors (Lipinski definition) is 1. The molecule has 0 aliphatic heterocycles. The Bertz CT molecular complexity index is 483. The van der Waals surface area contributed by atoms with Crippen molar-refractivity contribution in [2.45, 2.75) is 31.6 Å². The minimum Gasteiger partial charge on any atom is -0.398 e. The molecule has 0 aliphatic rings. The highest BCUT2D eigenvalue weighted by Gasteiger charge is 2.22. The molecule has 0 heterocycles. The number of anilines is 1. The highest BCUT2D eigenvalue weighted by atomic mass is 32.2. The van der Waals surface area contributed by atoms with Crippen LogP contribution < -0.4 is 5.73 Å². The molecule has 0 saturated carbocycles. The van der Waals surface area contributed by atoms with Crippen LogP contribution in [0.3, 0.4) is 0 Å². The van der Waals surface area contributed by atoms with Crippen LogP contribution in [-0.2, 0) is 10.0 Å².